The quantitative estimate of drug-likeness (QED) is 0.620. The Morgan fingerprint density at radius 3 is 2.64 bits per heavy atom. The van der Waals surface area contributed by atoms with Gasteiger partial charge in [-0.15, -0.1) is 0 Å². The van der Waals surface area contributed by atoms with Gasteiger partial charge in [0.05, 0.1) is 23.9 Å². The largest absolute Gasteiger partial charge is 0.497 e. The van der Waals surface area contributed by atoms with Crippen molar-refractivity contribution in [1.82, 2.24) is 19.6 Å². The number of fused-ring (bicyclic) bond motifs is 1. The van der Waals surface area contributed by atoms with Crippen LogP contribution in [0.4, 0.5) is 5.95 Å². The highest BCUT2D eigenvalue weighted by atomic mass is 16.5. The van der Waals surface area contributed by atoms with E-state index in [0.29, 0.717) is 5.95 Å². The summed E-state index contributed by atoms with van der Waals surface area (Å²) in [4.78, 5) is 8.81. The van der Waals surface area contributed by atoms with Gasteiger partial charge >= 0.3 is 0 Å². The van der Waals surface area contributed by atoms with Gasteiger partial charge in [0, 0.05) is 25.0 Å². The fourth-order valence-electron chi connectivity index (χ4n) is 2.82. The monoisotopic (exact) mass is 331 g/mol. The Morgan fingerprint density at radius 2 is 1.88 bits per heavy atom. The molecule has 0 radical (unpaired) electrons. The van der Waals surface area contributed by atoms with E-state index in [1.165, 1.54) is 0 Å². The Kier molecular flexibility index (Phi) is 3.78. The van der Waals surface area contributed by atoms with Gasteiger partial charge in [0.1, 0.15) is 11.4 Å². The molecule has 6 nitrogen and oxygen atoms in total. The molecule has 0 fully saturated rings. The first-order chi connectivity index (χ1) is 12.3. The highest BCUT2D eigenvalue weighted by molar-refractivity contribution is 5.91. The molecule has 0 saturated heterocycles. The maximum Gasteiger partial charge on any atom is 0.222 e. The average molecular weight is 331 g/mol. The van der Waals surface area contributed by atoms with Crippen LogP contribution in [0.1, 0.15) is 0 Å². The van der Waals surface area contributed by atoms with Gasteiger partial charge in [-0.3, -0.25) is 0 Å². The van der Waals surface area contributed by atoms with E-state index >= 15 is 0 Å². The van der Waals surface area contributed by atoms with Crippen LogP contribution in [-0.2, 0) is 0 Å². The van der Waals surface area contributed by atoms with Gasteiger partial charge in [0.2, 0.25) is 5.95 Å². The molecule has 0 aliphatic carbocycles. The number of ether oxygens (including phenoxy) is 1. The van der Waals surface area contributed by atoms with Crippen molar-refractivity contribution in [1.29, 1.82) is 0 Å². The normalized spacial score (nSPS) is 10.8. The van der Waals surface area contributed by atoms with Crippen molar-refractivity contribution in [2.75, 3.05) is 19.5 Å². The van der Waals surface area contributed by atoms with E-state index in [4.69, 9.17) is 9.84 Å². The van der Waals surface area contributed by atoms with E-state index in [9.17, 15) is 0 Å². The third-order valence-electron chi connectivity index (χ3n) is 4.04. The summed E-state index contributed by atoms with van der Waals surface area (Å²) in [6, 6.07) is 15.8. The van der Waals surface area contributed by atoms with Crippen molar-refractivity contribution in [3.8, 4) is 28.3 Å². The summed E-state index contributed by atoms with van der Waals surface area (Å²) >= 11 is 0. The first kappa shape index (κ1) is 15.1. The zero-order chi connectivity index (χ0) is 17.2. The van der Waals surface area contributed by atoms with Gasteiger partial charge in [-0.1, -0.05) is 6.07 Å². The Hall–Kier alpha value is -3.41. The number of hydrogen-bond donors (Lipinski definition) is 1. The van der Waals surface area contributed by atoms with Crippen LogP contribution < -0.4 is 10.1 Å². The molecule has 0 unspecified atom stereocenters. The zero-order valence-electron chi connectivity index (χ0n) is 14.0. The maximum atomic E-state index is 5.25. The third-order valence-corrected chi connectivity index (χ3v) is 4.04. The average Bonchev–Trinajstić information content (AvgIpc) is 3.07. The van der Waals surface area contributed by atoms with Crippen LogP contribution in [0.5, 0.6) is 5.75 Å². The summed E-state index contributed by atoms with van der Waals surface area (Å²) < 4.78 is 7.13. The summed E-state index contributed by atoms with van der Waals surface area (Å²) in [7, 11) is 3.46. The molecule has 3 aromatic heterocycles. The number of hydrogen-bond acceptors (Lipinski definition) is 5. The number of nitrogens with one attached hydrogen (secondary N) is 1. The van der Waals surface area contributed by atoms with Crippen LogP contribution in [0.25, 0.3) is 28.0 Å². The predicted molar refractivity (Wildman–Crippen MR) is 97.8 cm³/mol. The predicted octanol–water partition coefficient (Wildman–Crippen LogP) is 3.51. The van der Waals surface area contributed by atoms with Crippen LogP contribution in [0.3, 0.4) is 0 Å². The molecule has 0 aliphatic heterocycles. The van der Waals surface area contributed by atoms with Crippen LogP contribution in [-0.4, -0.2) is 33.7 Å². The van der Waals surface area contributed by atoms with Gasteiger partial charge in [-0.05, 0) is 42.5 Å². The summed E-state index contributed by atoms with van der Waals surface area (Å²) in [6.45, 7) is 0. The first-order valence-corrected chi connectivity index (χ1v) is 7.93. The lowest BCUT2D eigenvalue weighted by Crippen LogP contribution is -1.97. The molecule has 6 heteroatoms. The summed E-state index contributed by atoms with van der Waals surface area (Å²) in [5.41, 5.74) is 4.67. The van der Waals surface area contributed by atoms with Crippen molar-refractivity contribution < 1.29 is 4.74 Å². The molecule has 0 bridgehead atoms. The second-order valence-electron chi connectivity index (χ2n) is 5.50. The topological polar surface area (TPSA) is 64.3 Å². The molecule has 4 aromatic rings. The number of aromatic nitrogens is 4. The number of nitrogens with zero attached hydrogens (tertiary/aromatic N) is 4. The number of anilines is 1. The molecule has 1 N–H and O–H groups in total. The lowest BCUT2D eigenvalue weighted by Gasteiger charge is -2.06. The molecular formula is C19H17N5O. The number of pyridine rings is 1. The molecule has 0 atom stereocenters. The van der Waals surface area contributed by atoms with Crippen LogP contribution in [0, 0.1) is 0 Å². The van der Waals surface area contributed by atoms with Crippen molar-refractivity contribution in [2.45, 2.75) is 0 Å². The molecule has 0 saturated carbocycles. The summed E-state index contributed by atoms with van der Waals surface area (Å²) in [5.74, 6) is 1.39. The molecule has 0 spiro atoms. The molecule has 0 aliphatic rings. The van der Waals surface area contributed by atoms with Gasteiger partial charge in [-0.2, -0.15) is 5.10 Å². The van der Waals surface area contributed by atoms with Crippen LogP contribution in [0.15, 0.2) is 60.9 Å². The third kappa shape index (κ3) is 2.67. The lowest BCUT2D eigenvalue weighted by molar-refractivity contribution is 0.415. The Morgan fingerprint density at radius 1 is 1.04 bits per heavy atom. The number of benzene rings is 1. The first-order valence-electron chi connectivity index (χ1n) is 7.93. The Labute approximate surface area is 145 Å². The standard InChI is InChI=1S/C19H17N5O/c1-20-19-21-11-10-15(22-19)17-16-5-3-4-12-24(16)23-18(17)13-6-8-14(25-2)9-7-13/h3-12H,1-2H3,(H,20,21,22). The van der Waals surface area contributed by atoms with Crippen LogP contribution in [0.2, 0.25) is 0 Å². The second kappa shape index (κ2) is 6.24. The smallest absolute Gasteiger partial charge is 0.222 e. The maximum absolute atomic E-state index is 5.25. The van der Waals surface area contributed by atoms with E-state index < -0.39 is 0 Å². The highest BCUT2D eigenvalue weighted by Crippen LogP contribution is 2.34. The van der Waals surface area contributed by atoms with Gasteiger partial charge in [-0.25, -0.2) is 14.5 Å². The molecule has 124 valence electrons. The van der Waals surface area contributed by atoms with Gasteiger partial charge < -0.3 is 10.1 Å². The Balaban J connectivity index is 1.97. The van der Waals surface area contributed by atoms with Crippen molar-refractivity contribution >= 4 is 11.5 Å². The lowest BCUT2D eigenvalue weighted by atomic mass is 10.0. The molecule has 25 heavy (non-hydrogen) atoms. The van der Waals surface area contributed by atoms with Crippen molar-refractivity contribution in [2.24, 2.45) is 0 Å². The fourth-order valence-corrected chi connectivity index (χ4v) is 2.82. The van der Waals surface area contributed by atoms with E-state index in [-0.39, 0.29) is 0 Å². The zero-order valence-corrected chi connectivity index (χ0v) is 14.0. The SMILES string of the molecule is CNc1nccc(-c2c(-c3ccc(OC)cc3)nn3ccccc23)n1. The van der Waals surface area contributed by atoms with E-state index in [1.807, 2.05) is 59.2 Å². The highest BCUT2D eigenvalue weighted by Gasteiger charge is 2.17. The van der Waals surface area contributed by atoms with Gasteiger partial charge in [0.25, 0.3) is 0 Å². The minimum absolute atomic E-state index is 0.577. The number of methoxy groups -OCH3 is 1. The van der Waals surface area contributed by atoms with E-state index in [1.54, 1.807) is 20.4 Å². The Bertz CT molecular complexity index is 1020. The minimum Gasteiger partial charge on any atom is -0.497 e. The van der Waals surface area contributed by atoms with E-state index in [2.05, 4.69) is 15.3 Å². The molecule has 0 amide bonds. The fraction of sp³-hybridized carbons (Fsp3) is 0.105. The summed E-state index contributed by atoms with van der Waals surface area (Å²) in [5, 5.41) is 7.75. The number of rotatable bonds is 4. The van der Waals surface area contributed by atoms with E-state index in [0.717, 1.165) is 33.8 Å². The van der Waals surface area contributed by atoms with Gasteiger partial charge in [0.15, 0.2) is 0 Å². The van der Waals surface area contributed by atoms with Crippen LogP contribution >= 0.6 is 0 Å². The minimum atomic E-state index is 0.577. The van der Waals surface area contributed by atoms with Crippen molar-refractivity contribution in [3.05, 3.63) is 60.9 Å². The van der Waals surface area contributed by atoms with Crippen molar-refractivity contribution in [3.63, 3.8) is 0 Å². The molecule has 3 heterocycles. The summed E-state index contributed by atoms with van der Waals surface area (Å²) in [6.07, 6.45) is 3.68. The molecule has 4 rings (SSSR count). The molecule has 1 aromatic carbocycles. The second-order valence-corrected chi connectivity index (χ2v) is 5.50. The molecular weight excluding hydrogens is 314 g/mol.